The molecule has 2 amide bonds. The van der Waals surface area contributed by atoms with Gasteiger partial charge in [-0.15, -0.1) is 0 Å². The first-order chi connectivity index (χ1) is 11.4. The van der Waals surface area contributed by atoms with Crippen LogP contribution in [0.4, 0.5) is 0 Å². The Kier molecular flexibility index (Phi) is 6.41. The molecule has 132 valence electrons. The third kappa shape index (κ3) is 4.37. The van der Waals surface area contributed by atoms with E-state index < -0.39 is 0 Å². The highest BCUT2D eigenvalue weighted by Gasteiger charge is 2.31. The number of nitrogens with zero attached hydrogens (tertiary/aromatic N) is 2. The van der Waals surface area contributed by atoms with E-state index in [1.807, 2.05) is 42.8 Å². The van der Waals surface area contributed by atoms with Crippen LogP contribution in [0.1, 0.15) is 44.2 Å². The summed E-state index contributed by atoms with van der Waals surface area (Å²) in [6.07, 6.45) is 2.64. The SMILES string of the molecule is CCC(C)C(=O)N1CCCC(C(=O)N(C)Cc2ccccc2C)C1. The number of likely N-dealkylation sites (tertiary alicyclic amines) is 1. The van der Waals surface area contributed by atoms with Gasteiger partial charge in [-0.3, -0.25) is 9.59 Å². The Morgan fingerprint density at radius 1 is 1.33 bits per heavy atom. The molecule has 0 radical (unpaired) electrons. The van der Waals surface area contributed by atoms with Gasteiger partial charge in [0.15, 0.2) is 0 Å². The first kappa shape index (κ1) is 18.5. The first-order valence-corrected chi connectivity index (χ1v) is 9.02. The predicted octanol–water partition coefficient (Wildman–Crippen LogP) is 3.24. The van der Waals surface area contributed by atoms with E-state index in [4.69, 9.17) is 0 Å². The molecule has 1 aliphatic heterocycles. The monoisotopic (exact) mass is 330 g/mol. The molecule has 2 unspecified atom stereocenters. The molecule has 1 aromatic carbocycles. The van der Waals surface area contributed by atoms with Gasteiger partial charge in [0, 0.05) is 32.6 Å². The normalized spacial score (nSPS) is 19.0. The summed E-state index contributed by atoms with van der Waals surface area (Å²) in [6, 6.07) is 8.16. The molecule has 2 atom stereocenters. The second-order valence-corrected chi connectivity index (χ2v) is 7.05. The van der Waals surface area contributed by atoms with Crippen LogP contribution in [0.25, 0.3) is 0 Å². The number of hydrogen-bond acceptors (Lipinski definition) is 2. The van der Waals surface area contributed by atoms with Gasteiger partial charge in [-0.05, 0) is 37.3 Å². The van der Waals surface area contributed by atoms with Gasteiger partial charge in [0.25, 0.3) is 0 Å². The van der Waals surface area contributed by atoms with E-state index in [0.29, 0.717) is 13.1 Å². The number of hydrogen-bond donors (Lipinski definition) is 0. The van der Waals surface area contributed by atoms with Crippen molar-refractivity contribution in [1.29, 1.82) is 0 Å². The molecule has 0 N–H and O–H groups in total. The highest BCUT2D eigenvalue weighted by atomic mass is 16.2. The Bertz CT molecular complexity index is 585. The highest BCUT2D eigenvalue weighted by molar-refractivity contribution is 5.82. The average Bonchev–Trinajstić information content (AvgIpc) is 2.61. The maximum Gasteiger partial charge on any atom is 0.227 e. The zero-order chi connectivity index (χ0) is 17.7. The smallest absolute Gasteiger partial charge is 0.227 e. The number of carbonyl (C=O) groups excluding carboxylic acids is 2. The molecule has 4 nitrogen and oxygen atoms in total. The van der Waals surface area contributed by atoms with Crippen LogP contribution in [0.5, 0.6) is 0 Å². The summed E-state index contributed by atoms with van der Waals surface area (Å²) in [7, 11) is 1.87. The fourth-order valence-electron chi connectivity index (χ4n) is 3.30. The maximum atomic E-state index is 12.8. The van der Waals surface area contributed by atoms with E-state index >= 15 is 0 Å². The van der Waals surface area contributed by atoms with Crippen molar-refractivity contribution in [3.8, 4) is 0 Å². The number of benzene rings is 1. The van der Waals surface area contributed by atoms with Crippen LogP contribution in [0.15, 0.2) is 24.3 Å². The lowest BCUT2D eigenvalue weighted by Gasteiger charge is -2.35. The van der Waals surface area contributed by atoms with Crippen molar-refractivity contribution in [3.63, 3.8) is 0 Å². The van der Waals surface area contributed by atoms with Crippen molar-refractivity contribution in [2.75, 3.05) is 20.1 Å². The van der Waals surface area contributed by atoms with Gasteiger partial charge in [-0.2, -0.15) is 0 Å². The van der Waals surface area contributed by atoms with Gasteiger partial charge in [-0.1, -0.05) is 38.1 Å². The standard InChI is InChI=1S/C20H30N2O2/c1-5-15(2)19(23)22-12-8-11-18(14-22)20(24)21(4)13-17-10-7-6-9-16(17)3/h6-7,9-10,15,18H,5,8,11-14H2,1-4H3. The summed E-state index contributed by atoms with van der Waals surface area (Å²) in [6.45, 7) is 8.06. The van der Waals surface area contributed by atoms with Crippen LogP contribution in [-0.2, 0) is 16.1 Å². The summed E-state index contributed by atoms with van der Waals surface area (Å²) in [4.78, 5) is 28.9. The van der Waals surface area contributed by atoms with Gasteiger partial charge >= 0.3 is 0 Å². The molecule has 0 aromatic heterocycles. The molecule has 1 saturated heterocycles. The molecule has 0 saturated carbocycles. The molecule has 0 spiro atoms. The summed E-state index contributed by atoms with van der Waals surface area (Å²) in [5.41, 5.74) is 2.38. The highest BCUT2D eigenvalue weighted by Crippen LogP contribution is 2.22. The summed E-state index contributed by atoms with van der Waals surface area (Å²) in [5, 5.41) is 0. The minimum atomic E-state index is -0.0687. The summed E-state index contributed by atoms with van der Waals surface area (Å²) >= 11 is 0. The second-order valence-electron chi connectivity index (χ2n) is 7.05. The lowest BCUT2D eigenvalue weighted by atomic mass is 9.94. The fourth-order valence-corrected chi connectivity index (χ4v) is 3.30. The molecular weight excluding hydrogens is 300 g/mol. The average molecular weight is 330 g/mol. The molecular formula is C20H30N2O2. The fraction of sp³-hybridized carbons (Fsp3) is 0.600. The largest absolute Gasteiger partial charge is 0.342 e. The van der Waals surface area contributed by atoms with Crippen molar-refractivity contribution in [1.82, 2.24) is 9.80 Å². The molecule has 1 fully saturated rings. The zero-order valence-electron chi connectivity index (χ0n) is 15.4. The quantitative estimate of drug-likeness (QED) is 0.831. The maximum absolute atomic E-state index is 12.8. The predicted molar refractivity (Wildman–Crippen MR) is 96.4 cm³/mol. The van der Waals surface area contributed by atoms with Gasteiger partial charge < -0.3 is 9.80 Å². The number of carbonyl (C=O) groups is 2. The third-order valence-corrected chi connectivity index (χ3v) is 5.16. The van der Waals surface area contributed by atoms with Crippen LogP contribution in [0.3, 0.4) is 0 Å². The lowest BCUT2D eigenvalue weighted by Crippen LogP contribution is -2.47. The molecule has 1 aliphatic rings. The molecule has 0 aliphatic carbocycles. The Morgan fingerprint density at radius 2 is 2.04 bits per heavy atom. The van der Waals surface area contributed by atoms with E-state index in [-0.39, 0.29) is 23.7 Å². The Balaban J connectivity index is 1.98. The van der Waals surface area contributed by atoms with Gasteiger partial charge in [0.05, 0.1) is 5.92 Å². The molecule has 1 aromatic rings. The van der Waals surface area contributed by atoms with Crippen LogP contribution in [0, 0.1) is 18.8 Å². The van der Waals surface area contributed by atoms with Crippen molar-refractivity contribution < 1.29 is 9.59 Å². The number of rotatable bonds is 5. The van der Waals surface area contributed by atoms with Crippen LogP contribution in [-0.4, -0.2) is 41.8 Å². The van der Waals surface area contributed by atoms with Gasteiger partial charge in [0.1, 0.15) is 0 Å². The summed E-state index contributed by atoms with van der Waals surface area (Å²) in [5.74, 6) is 0.320. The van der Waals surface area contributed by atoms with Crippen LogP contribution in [0.2, 0.25) is 0 Å². The minimum absolute atomic E-state index is 0.0450. The van der Waals surface area contributed by atoms with Crippen LogP contribution < -0.4 is 0 Å². The molecule has 4 heteroatoms. The number of piperidine rings is 1. The van der Waals surface area contributed by atoms with E-state index in [1.54, 1.807) is 0 Å². The van der Waals surface area contributed by atoms with Crippen molar-refractivity contribution in [2.45, 2.75) is 46.6 Å². The second kappa shape index (κ2) is 8.32. The van der Waals surface area contributed by atoms with Crippen LogP contribution >= 0.6 is 0 Å². The summed E-state index contributed by atoms with van der Waals surface area (Å²) < 4.78 is 0. The van der Waals surface area contributed by atoms with E-state index in [1.165, 1.54) is 11.1 Å². The van der Waals surface area contributed by atoms with Crippen molar-refractivity contribution in [3.05, 3.63) is 35.4 Å². The molecule has 24 heavy (non-hydrogen) atoms. The molecule has 0 bridgehead atoms. The first-order valence-electron chi connectivity index (χ1n) is 9.02. The lowest BCUT2D eigenvalue weighted by molar-refractivity contribution is -0.142. The topological polar surface area (TPSA) is 40.6 Å². The number of aryl methyl sites for hydroxylation is 1. The Morgan fingerprint density at radius 3 is 2.71 bits per heavy atom. The van der Waals surface area contributed by atoms with E-state index in [9.17, 15) is 9.59 Å². The van der Waals surface area contributed by atoms with Crippen molar-refractivity contribution in [2.24, 2.45) is 11.8 Å². The van der Waals surface area contributed by atoms with E-state index in [2.05, 4.69) is 19.1 Å². The number of amides is 2. The van der Waals surface area contributed by atoms with E-state index in [0.717, 1.165) is 25.8 Å². The minimum Gasteiger partial charge on any atom is -0.342 e. The molecule has 1 heterocycles. The van der Waals surface area contributed by atoms with Gasteiger partial charge in [0.2, 0.25) is 11.8 Å². The molecule has 2 rings (SSSR count). The Labute approximate surface area is 145 Å². The van der Waals surface area contributed by atoms with Gasteiger partial charge in [-0.25, -0.2) is 0 Å². The Hall–Kier alpha value is -1.84. The third-order valence-electron chi connectivity index (χ3n) is 5.16. The zero-order valence-corrected chi connectivity index (χ0v) is 15.4. The van der Waals surface area contributed by atoms with Crippen molar-refractivity contribution >= 4 is 11.8 Å².